The van der Waals surface area contributed by atoms with E-state index in [0.717, 1.165) is 29.9 Å². The van der Waals surface area contributed by atoms with Crippen molar-refractivity contribution in [1.82, 2.24) is 4.90 Å². The Morgan fingerprint density at radius 2 is 1.25 bits per heavy atom. The van der Waals surface area contributed by atoms with Crippen molar-refractivity contribution in [2.75, 3.05) is 23.3 Å². The van der Waals surface area contributed by atoms with Crippen LogP contribution in [0.2, 0.25) is 0 Å². The second-order valence-electron chi connectivity index (χ2n) is 8.18. The lowest BCUT2D eigenvalue weighted by atomic mass is 10.1. The third kappa shape index (κ3) is 5.76. The largest absolute Gasteiger partial charge is 0.372 e. The third-order valence-electron chi connectivity index (χ3n) is 5.76. The molecule has 0 spiro atoms. The minimum absolute atomic E-state index is 0.371. The number of nitrogens with one attached hydrogen (secondary N) is 1. The molecule has 0 unspecified atom stereocenters. The molecule has 0 atom stereocenters. The van der Waals surface area contributed by atoms with Crippen LogP contribution < -0.4 is 10.2 Å². The molecule has 0 aliphatic carbocycles. The zero-order chi connectivity index (χ0) is 22.2. The molecule has 1 saturated heterocycles. The topological polar surface area (TPSA) is 52.7 Å². The van der Waals surface area contributed by atoms with Crippen LogP contribution in [0, 0.1) is 0 Å². The first-order valence-electron chi connectivity index (χ1n) is 11.2. The zero-order valence-corrected chi connectivity index (χ0v) is 18.2. The molecule has 1 fully saturated rings. The summed E-state index contributed by atoms with van der Waals surface area (Å²) < 4.78 is 0. The molecular weight excluding hydrogens is 398 g/mol. The van der Waals surface area contributed by atoms with Gasteiger partial charge < -0.3 is 15.1 Å². The Morgan fingerprint density at radius 3 is 1.78 bits per heavy atom. The zero-order valence-electron chi connectivity index (χ0n) is 18.2. The molecule has 0 saturated carbocycles. The molecule has 0 aromatic heterocycles. The van der Waals surface area contributed by atoms with E-state index in [1.807, 2.05) is 84.9 Å². The number of nitrogens with zero attached hydrogens (tertiary/aromatic N) is 2. The summed E-state index contributed by atoms with van der Waals surface area (Å²) in [6, 6.07) is 27.2. The maximum atomic E-state index is 13.1. The number of carbonyl (C=O) groups excluding carboxylic acids is 2. The van der Waals surface area contributed by atoms with Crippen molar-refractivity contribution < 1.29 is 9.59 Å². The van der Waals surface area contributed by atoms with Gasteiger partial charge in [-0.15, -0.1) is 0 Å². The van der Waals surface area contributed by atoms with Crippen LogP contribution in [-0.4, -0.2) is 29.8 Å². The highest BCUT2D eigenvalue weighted by Gasteiger charge is 2.23. The second-order valence-corrected chi connectivity index (χ2v) is 8.18. The fourth-order valence-electron chi connectivity index (χ4n) is 4.04. The van der Waals surface area contributed by atoms with Crippen molar-refractivity contribution in [2.45, 2.75) is 32.4 Å². The monoisotopic (exact) mass is 427 g/mol. The standard InChI is InChI=1S/C27H29N3O2/c31-26(28-24-14-16-25(17-15-24)29-18-8-3-9-19-29)27(32)30(20-22-10-4-1-5-11-22)21-23-12-6-2-7-13-23/h1-2,4-7,10-17H,3,8-9,18-21H2,(H,28,31). The number of carbonyl (C=O) groups is 2. The summed E-state index contributed by atoms with van der Waals surface area (Å²) >= 11 is 0. The number of amides is 2. The van der Waals surface area contributed by atoms with Gasteiger partial charge in [-0.25, -0.2) is 0 Å². The number of piperidine rings is 1. The molecule has 1 aliphatic heterocycles. The summed E-state index contributed by atoms with van der Waals surface area (Å²) in [4.78, 5) is 29.8. The molecule has 0 bridgehead atoms. The van der Waals surface area contributed by atoms with E-state index in [4.69, 9.17) is 0 Å². The summed E-state index contributed by atoms with van der Waals surface area (Å²) in [7, 11) is 0. The number of anilines is 2. The predicted octanol–water partition coefficient (Wildman–Crippen LogP) is 4.84. The van der Waals surface area contributed by atoms with Gasteiger partial charge >= 0.3 is 11.8 Å². The summed E-state index contributed by atoms with van der Waals surface area (Å²) in [5, 5.41) is 2.78. The van der Waals surface area contributed by atoms with Crippen molar-refractivity contribution in [3.63, 3.8) is 0 Å². The predicted molar refractivity (Wildman–Crippen MR) is 128 cm³/mol. The van der Waals surface area contributed by atoms with Crippen LogP contribution in [0.25, 0.3) is 0 Å². The minimum atomic E-state index is -0.623. The van der Waals surface area contributed by atoms with Gasteiger partial charge in [-0.1, -0.05) is 60.7 Å². The van der Waals surface area contributed by atoms with Crippen LogP contribution in [0.15, 0.2) is 84.9 Å². The molecule has 3 aromatic rings. The molecule has 164 valence electrons. The van der Waals surface area contributed by atoms with E-state index < -0.39 is 11.8 Å². The summed E-state index contributed by atoms with van der Waals surface area (Å²) in [6.45, 7) is 2.88. The SMILES string of the molecule is O=C(Nc1ccc(N2CCCCC2)cc1)C(=O)N(Cc1ccccc1)Cc1ccccc1. The highest BCUT2D eigenvalue weighted by atomic mass is 16.2. The summed E-state index contributed by atoms with van der Waals surface area (Å²) in [5.41, 5.74) is 3.75. The Morgan fingerprint density at radius 1 is 0.719 bits per heavy atom. The fraction of sp³-hybridized carbons (Fsp3) is 0.259. The first-order valence-corrected chi connectivity index (χ1v) is 11.2. The van der Waals surface area contributed by atoms with Crippen LogP contribution in [-0.2, 0) is 22.7 Å². The quantitative estimate of drug-likeness (QED) is 0.573. The molecule has 2 amide bonds. The Labute approximate surface area is 189 Å². The van der Waals surface area contributed by atoms with Gasteiger partial charge in [0.25, 0.3) is 0 Å². The van der Waals surface area contributed by atoms with E-state index in [1.54, 1.807) is 4.90 Å². The number of benzene rings is 3. The first kappa shape index (κ1) is 21.6. The Balaban J connectivity index is 1.44. The van der Waals surface area contributed by atoms with Gasteiger partial charge in [0.15, 0.2) is 0 Å². The maximum absolute atomic E-state index is 13.1. The minimum Gasteiger partial charge on any atom is -0.372 e. The van der Waals surface area contributed by atoms with Gasteiger partial charge in [-0.3, -0.25) is 9.59 Å². The third-order valence-corrected chi connectivity index (χ3v) is 5.76. The fourth-order valence-corrected chi connectivity index (χ4v) is 4.04. The molecule has 5 nitrogen and oxygen atoms in total. The molecule has 3 aromatic carbocycles. The van der Waals surface area contributed by atoms with E-state index in [9.17, 15) is 9.59 Å². The van der Waals surface area contributed by atoms with E-state index >= 15 is 0 Å². The normalized spacial score (nSPS) is 13.4. The van der Waals surface area contributed by atoms with Gasteiger partial charge in [-0.2, -0.15) is 0 Å². The van der Waals surface area contributed by atoms with Crippen LogP contribution >= 0.6 is 0 Å². The molecule has 1 N–H and O–H groups in total. The van der Waals surface area contributed by atoms with Crippen LogP contribution in [0.5, 0.6) is 0 Å². The van der Waals surface area contributed by atoms with Crippen LogP contribution in [0.1, 0.15) is 30.4 Å². The lowest BCUT2D eigenvalue weighted by Crippen LogP contribution is -2.39. The highest BCUT2D eigenvalue weighted by Crippen LogP contribution is 2.22. The average Bonchev–Trinajstić information content (AvgIpc) is 2.85. The van der Waals surface area contributed by atoms with E-state index in [2.05, 4.69) is 10.2 Å². The highest BCUT2D eigenvalue weighted by molar-refractivity contribution is 6.39. The molecule has 4 rings (SSSR count). The van der Waals surface area contributed by atoms with Crippen molar-refractivity contribution in [2.24, 2.45) is 0 Å². The molecule has 1 heterocycles. The Hall–Kier alpha value is -3.60. The maximum Gasteiger partial charge on any atom is 0.313 e. The van der Waals surface area contributed by atoms with Gasteiger partial charge in [0.2, 0.25) is 0 Å². The van der Waals surface area contributed by atoms with Crippen molar-refractivity contribution in [1.29, 1.82) is 0 Å². The van der Waals surface area contributed by atoms with Crippen molar-refractivity contribution >= 4 is 23.2 Å². The lowest BCUT2D eigenvalue weighted by molar-refractivity contribution is -0.144. The first-order chi connectivity index (χ1) is 15.7. The second kappa shape index (κ2) is 10.6. The average molecular weight is 428 g/mol. The van der Waals surface area contributed by atoms with Gasteiger partial charge in [0.1, 0.15) is 0 Å². The Bertz CT molecular complexity index is 972. The molecule has 1 aliphatic rings. The molecule has 5 heteroatoms. The van der Waals surface area contributed by atoms with Gasteiger partial charge in [0, 0.05) is 37.6 Å². The molecular formula is C27H29N3O2. The summed E-state index contributed by atoms with van der Waals surface area (Å²) in [6.07, 6.45) is 3.71. The smallest absolute Gasteiger partial charge is 0.313 e. The van der Waals surface area contributed by atoms with Crippen LogP contribution in [0.4, 0.5) is 11.4 Å². The number of hydrogen-bond donors (Lipinski definition) is 1. The van der Waals surface area contributed by atoms with E-state index in [0.29, 0.717) is 18.8 Å². The van der Waals surface area contributed by atoms with Crippen molar-refractivity contribution in [3.05, 3.63) is 96.1 Å². The molecule has 0 radical (unpaired) electrons. The molecule has 32 heavy (non-hydrogen) atoms. The van der Waals surface area contributed by atoms with Gasteiger partial charge in [0.05, 0.1) is 0 Å². The number of hydrogen-bond acceptors (Lipinski definition) is 3. The van der Waals surface area contributed by atoms with Gasteiger partial charge in [-0.05, 0) is 54.7 Å². The Kier molecular flexibility index (Phi) is 7.18. The van der Waals surface area contributed by atoms with Crippen molar-refractivity contribution in [3.8, 4) is 0 Å². The van der Waals surface area contributed by atoms with E-state index in [-0.39, 0.29) is 0 Å². The van der Waals surface area contributed by atoms with E-state index in [1.165, 1.54) is 19.3 Å². The lowest BCUT2D eigenvalue weighted by Gasteiger charge is -2.28. The number of rotatable bonds is 6. The van der Waals surface area contributed by atoms with Crippen LogP contribution in [0.3, 0.4) is 0 Å². The summed E-state index contributed by atoms with van der Waals surface area (Å²) in [5.74, 6) is -1.17.